The highest BCUT2D eigenvalue weighted by Gasteiger charge is 2.16. The van der Waals surface area contributed by atoms with Crippen LogP contribution in [-0.2, 0) is 6.54 Å². The Morgan fingerprint density at radius 2 is 1.92 bits per heavy atom. The fourth-order valence-corrected chi connectivity index (χ4v) is 4.27. The van der Waals surface area contributed by atoms with E-state index in [9.17, 15) is 0 Å². The minimum atomic E-state index is 0.331. The highest BCUT2D eigenvalue weighted by molar-refractivity contribution is 7.99. The second kappa shape index (κ2) is 7.60. The average molecular weight is 378 g/mol. The Kier molecular flexibility index (Phi) is 5.49. The fourth-order valence-electron chi connectivity index (χ4n) is 2.39. The van der Waals surface area contributed by atoms with Gasteiger partial charge in [-0.3, -0.25) is 4.98 Å². The van der Waals surface area contributed by atoms with E-state index in [1.807, 2.05) is 30.7 Å². The van der Waals surface area contributed by atoms with Crippen molar-refractivity contribution in [3.8, 4) is 0 Å². The molecule has 124 valence electrons. The van der Waals surface area contributed by atoms with Crippen LogP contribution in [0.5, 0.6) is 0 Å². The second-order valence-electron chi connectivity index (χ2n) is 5.79. The number of halogens is 2. The van der Waals surface area contributed by atoms with Crippen molar-refractivity contribution in [3.05, 3.63) is 70.4 Å². The van der Waals surface area contributed by atoms with Gasteiger partial charge in [-0.2, -0.15) is 0 Å². The van der Waals surface area contributed by atoms with Gasteiger partial charge in [0.25, 0.3) is 0 Å². The summed E-state index contributed by atoms with van der Waals surface area (Å²) in [5.41, 5.74) is 2.20. The summed E-state index contributed by atoms with van der Waals surface area (Å²) in [5.74, 6) is 0.331. The molecule has 0 amide bonds. The van der Waals surface area contributed by atoms with Gasteiger partial charge in [-0.25, -0.2) is 4.98 Å². The molecule has 3 nitrogen and oxygen atoms in total. The van der Waals surface area contributed by atoms with Crippen LogP contribution in [0.1, 0.15) is 31.0 Å². The minimum Gasteiger partial charge on any atom is -0.321 e. The van der Waals surface area contributed by atoms with E-state index in [2.05, 4.69) is 34.4 Å². The van der Waals surface area contributed by atoms with Crippen LogP contribution in [-0.4, -0.2) is 14.5 Å². The van der Waals surface area contributed by atoms with Crippen molar-refractivity contribution in [3.63, 3.8) is 0 Å². The number of pyridine rings is 1. The normalized spacial score (nSPS) is 11.2. The van der Waals surface area contributed by atoms with E-state index in [-0.39, 0.29) is 0 Å². The Bertz CT molecular complexity index is 811. The number of nitrogens with zero attached hydrogens (tertiary/aromatic N) is 3. The zero-order valence-electron chi connectivity index (χ0n) is 13.4. The van der Waals surface area contributed by atoms with E-state index >= 15 is 0 Å². The van der Waals surface area contributed by atoms with E-state index in [1.54, 1.807) is 24.0 Å². The first-order chi connectivity index (χ1) is 11.5. The maximum atomic E-state index is 6.13. The van der Waals surface area contributed by atoms with Crippen molar-refractivity contribution in [1.29, 1.82) is 0 Å². The molecular formula is C18H17Cl2N3S. The lowest BCUT2D eigenvalue weighted by Gasteiger charge is -2.12. The van der Waals surface area contributed by atoms with Crippen molar-refractivity contribution in [2.45, 2.75) is 36.2 Å². The number of aromatic nitrogens is 3. The van der Waals surface area contributed by atoms with Crippen LogP contribution in [0.3, 0.4) is 0 Å². The third kappa shape index (κ3) is 4.12. The van der Waals surface area contributed by atoms with Gasteiger partial charge in [-0.1, -0.05) is 54.9 Å². The molecule has 0 aliphatic rings. The standard InChI is InChI=1S/C18H17Cl2N3S/c1-12(2)17-18(24-16-7-14(19)6-15(20)8-16)23(11-22-17)10-13-4-3-5-21-9-13/h3-9,11-12H,10H2,1-2H3. The summed E-state index contributed by atoms with van der Waals surface area (Å²) < 4.78 is 2.14. The number of hydrogen-bond acceptors (Lipinski definition) is 3. The van der Waals surface area contributed by atoms with Gasteiger partial charge in [0.1, 0.15) is 5.03 Å². The molecule has 0 saturated carbocycles. The van der Waals surface area contributed by atoms with Crippen LogP contribution in [0.4, 0.5) is 0 Å². The van der Waals surface area contributed by atoms with E-state index in [1.165, 1.54) is 0 Å². The molecule has 24 heavy (non-hydrogen) atoms. The molecule has 0 aliphatic carbocycles. The summed E-state index contributed by atoms with van der Waals surface area (Å²) in [7, 11) is 0. The summed E-state index contributed by atoms with van der Waals surface area (Å²) in [6.45, 7) is 5.02. The predicted molar refractivity (Wildman–Crippen MR) is 100 cm³/mol. The summed E-state index contributed by atoms with van der Waals surface area (Å²) >= 11 is 13.9. The molecule has 0 atom stereocenters. The average Bonchev–Trinajstić information content (AvgIpc) is 2.90. The van der Waals surface area contributed by atoms with Crippen molar-refractivity contribution < 1.29 is 0 Å². The van der Waals surface area contributed by atoms with E-state index in [0.717, 1.165) is 27.7 Å². The van der Waals surface area contributed by atoms with Crippen LogP contribution in [0.25, 0.3) is 0 Å². The molecule has 2 heterocycles. The molecule has 0 radical (unpaired) electrons. The van der Waals surface area contributed by atoms with Gasteiger partial charge < -0.3 is 4.57 Å². The Hall–Kier alpha value is -1.49. The number of imidazole rings is 1. The molecule has 2 aromatic heterocycles. The first kappa shape index (κ1) is 17.3. The van der Waals surface area contributed by atoms with Crippen molar-refractivity contribution in [1.82, 2.24) is 14.5 Å². The number of benzene rings is 1. The molecule has 0 bridgehead atoms. The van der Waals surface area contributed by atoms with Crippen molar-refractivity contribution in [2.24, 2.45) is 0 Å². The summed E-state index contributed by atoms with van der Waals surface area (Å²) in [5, 5.41) is 2.37. The highest BCUT2D eigenvalue weighted by Crippen LogP contribution is 2.36. The molecule has 3 rings (SSSR count). The van der Waals surface area contributed by atoms with Gasteiger partial charge in [0.05, 0.1) is 18.6 Å². The molecule has 0 fully saturated rings. The summed E-state index contributed by atoms with van der Waals surface area (Å²) in [4.78, 5) is 9.79. The Labute approximate surface area is 156 Å². The van der Waals surface area contributed by atoms with Gasteiger partial charge in [0, 0.05) is 27.3 Å². The SMILES string of the molecule is CC(C)c1ncn(Cc2cccnc2)c1Sc1cc(Cl)cc(Cl)c1. The maximum Gasteiger partial charge on any atom is 0.103 e. The third-order valence-electron chi connectivity index (χ3n) is 3.49. The van der Waals surface area contributed by atoms with Crippen LogP contribution in [0.2, 0.25) is 10.0 Å². The monoisotopic (exact) mass is 377 g/mol. The summed E-state index contributed by atoms with van der Waals surface area (Å²) in [6, 6.07) is 9.59. The first-order valence-corrected chi connectivity index (χ1v) is 9.18. The predicted octanol–water partition coefficient (Wildman–Crippen LogP) is 5.91. The Balaban J connectivity index is 1.96. The van der Waals surface area contributed by atoms with E-state index < -0.39 is 0 Å². The highest BCUT2D eigenvalue weighted by atomic mass is 35.5. The lowest BCUT2D eigenvalue weighted by atomic mass is 10.1. The molecule has 6 heteroatoms. The lowest BCUT2D eigenvalue weighted by Crippen LogP contribution is -2.01. The molecule has 3 aromatic rings. The molecule has 0 aliphatic heterocycles. The quantitative estimate of drug-likeness (QED) is 0.553. The number of hydrogen-bond donors (Lipinski definition) is 0. The number of rotatable bonds is 5. The van der Waals surface area contributed by atoms with Gasteiger partial charge >= 0.3 is 0 Å². The third-order valence-corrected chi connectivity index (χ3v) is 5.03. The molecule has 0 saturated heterocycles. The van der Waals surface area contributed by atoms with Crippen LogP contribution in [0.15, 0.2) is 59.0 Å². The Morgan fingerprint density at radius 1 is 1.17 bits per heavy atom. The zero-order chi connectivity index (χ0) is 17.1. The molecule has 1 aromatic carbocycles. The zero-order valence-corrected chi connectivity index (χ0v) is 15.7. The maximum absolute atomic E-state index is 6.13. The Morgan fingerprint density at radius 3 is 2.54 bits per heavy atom. The molecule has 0 spiro atoms. The van der Waals surface area contributed by atoms with E-state index in [0.29, 0.717) is 16.0 Å². The van der Waals surface area contributed by atoms with Gasteiger partial charge in [-0.05, 0) is 35.7 Å². The lowest BCUT2D eigenvalue weighted by molar-refractivity contribution is 0.706. The topological polar surface area (TPSA) is 30.7 Å². The second-order valence-corrected chi connectivity index (χ2v) is 7.72. The fraction of sp³-hybridized carbons (Fsp3) is 0.222. The smallest absolute Gasteiger partial charge is 0.103 e. The molecule has 0 N–H and O–H groups in total. The minimum absolute atomic E-state index is 0.331. The largest absolute Gasteiger partial charge is 0.321 e. The van der Waals surface area contributed by atoms with Crippen molar-refractivity contribution in [2.75, 3.05) is 0 Å². The van der Waals surface area contributed by atoms with Crippen LogP contribution in [0, 0.1) is 0 Å². The molecule has 0 unspecified atom stereocenters. The van der Waals surface area contributed by atoms with Gasteiger partial charge in [0.15, 0.2) is 0 Å². The van der Waals surface area contributed by atoms with Crippen LogP contribution >= 0.6 is 35.0 Å². The first-order valence-electron chi connectivity index (χ1n) is 7.61. The van der Waals surface area contributed by atoms with Crippen molar-refractivity contribution >= 4 is 35.0 Å². The van der Waals surface area contributed by atoms with Gasteiger partial charge in [0.2, 0.25) is 0 Å². The van der Waals surface area contributed by atoms with Gasteiger partial charge in [-0.15, -0.1) is 0 Å². The van der Waals surface area contributed by atoms with E-state index in [4.69, 9.17) is 23.2 Å². The molecular weight excluding hydrogens is 361 g/mol. The summed E-state index contributed by atoms with van der Waals surface area (Å²) in [6.07, 6.45) is 5.54. The van der Waals surface area contributed by atoms with Crippen LogP contribution < -0.4 is 0 Å².